The van der Waals surface area contributed by atoms with Crippen molar-refractivity contribution < 1.29 is 9.53 Å². The lowest BCUT2D eigenvalue weighted by Crippen LogP contribution is -2.23. The molecule has 0 aromatic heterocycles. The van der Waals surface area contributed by atoms with Gasteiger partial charge in [-0.25, -0.2) is 0 Å². The highest BCUT2D eigenvalue weighted by Crippen LogP contribution is 2.39. The van der Waals surface area contributed by atoms with Crippen LogP contribution in [-0.2, 0) is 9.53 Å². The summed E-state index contributed by atoms with van der Waals surface area (Å²) >= 11 is 2.36. The van der Waals surface area contributed by atoms with Crippen molar-refractivity contribution >= 4 is 28.6 Å². The Balaban J connectivity index is 2.82. The fraction of sp³-hybridized carbons (Fsp3) is 0.727. The maximum absolute atomic E-state index is 11.7. The molecule has 1 aliphatic rings. The smallest absolute Gasteiger partial charge is 0.314 e. The minimum absolute atomic E-state index is 0.0144. The average molecular weight is 308 g/mol. The minimum Gasteiger partial charge on any atom is -0.466 e. The van der Waals surface area contributed by atoms with E-state index < -0.39 is 0 Å². The number of carbonyl (C=O) groups is 1. The number of hydrogen-bond acceptors (Lipinski definition) is 2. The van der Waals surface area contributed by atoms with Gasteiger partial charge in [0.25, 0.3) is 0 Å². The molecule has 0 N–H and O–H groups in total. The number of esters is 1. The van der Waals surface area contributed by atoms with Crippen LogP contribution in [0.2, 0.25) is 0 Å². The Morgan fingerprint density at radius 2 is 2.21 bits per heavy atom. The predicted octanol–water partition coefficient (Wildman–Crippen LogP) is 3.10. The standard InChI is InChI=1S/C11H17IO2/c1-4-14-11(13)10-8(7(2)3)5-6-9(10)12/h9-10H,4-6H2,1-3H3/t9-,10?/m1/s1. The monoisotopic (exact) mass is 308 g/mol. The second-order valence-electron chi connectivity index (χ2n) is 3.81. The van der Waals surface area contributed by atoms with Gasteiger partial charge in [0.2, 0.25) is 0 Å². The molecule has 1 saturated carbocycles. The highest BCUT2D eigenvalue weighted by molar-refractivity contribution is 14.1. The largest absolute Gasteiger partial charge is 0.466 e. The number of hydrogen-bond donors (Lipinski definition) is 0. The molecule has 0 bridgehead atoms. The SMILES string of the molecule is CCOC(=O)C1C(=C(C)C)CC[C@H]1I. The molecular formula is C11H17IO2. The Kier molecular flexibility index (Phi) is 4.41. The Hall–Kier alpha value is -0.0600. The maximum Gasteiger partial charge on any atom is 0.314 e. The molecule has 2 atom stereocenters. The average Bonchev–Trinajstić information content (AvgIpc) is 2.47. The third kappa shape index (κ3) is 2.49. The van der Waals surface area contributed by atoms with Crippen LogP contribution in [0.25, 0.3) is 0 Å². The molecule has 1 rings (SSSR count). The van der Waals surface area contributed by atoms with Gasteiger partial charge in [0.15, 0.2) is 0 Å². The molecule has 0 aromatic rings. The summed E-state index contributed by atoms with van der Waals surface area (Å²) in [6.45, 7) is 6.50. The summed E-state index contributed by atoms with van der Waals surface area (Å²) in [5.41, 5.74) is 2.57. The molecule has 0 saturated heterocycles. The van der Waals surface area contributed by atoms with Crippen molar-refractivity contribution in [1.82, 2.24) is 0 Å². The van der Waals surface area contributed by atoms with E-state index in [0.29, 0.717) is 10.5 Å². The molecule has 0 radical (unpaired) electrons. The topological polar surface area (TPSA) is 26.3 Å². The van der Waals surface area contributed by atoms with E-state index in [1.165, 1.54) is 11.1 Å². The quantitative estimate of drug-likeness (QED) is 0.339. The Morgan fingerprint density at radius 1 is 1.57 bits per heavy atom. The van der Waals surface area contributed by atoms with Gasteiger partial charge >= 0.3 is 5.97 Å². The summed E-state index contributed by atoms with van der Waals surface area (Å²) in [6.07, 6.45) is 2.16. The summed E-state index contributed by atoms with van der Waals surface area (Å²) in [6, 6.07) is 0. The summed E-state index contributed by atoms with van der Waals surface area (Å²) in [4.78, 5) is 11.7. The second-order valence-corrected chi connectivity index (χ2v) is 5.41. The van der Waals surface area contributed by atoms with Gasteiger partial charge < -0.3 is 4.74 Å². The van der Waals surface area contributed by atoms with Crippen LogP contribution < -0.4 is 0 Å². The van der Waals surface area contributed by atoms with Gasteiger partial charge in [-0.15, -0.1) is 0 Å². The van der Waals surface area contributed by atoms with E-state index in [0.717, 1.165) is 12.8 Å². The van der Waals surface area contributed by atoms with Gasteiger partial charge in [-0.2, -0.15) is 0 Å². The van der Waals surface area contributed by atoms with E-state index in [-0.39, 0.29) is 11.9 Å². The number of allylic oxidation sites excluding steroid dienone is 1. The Labute approximate surface area is 99.2 Å². The van der Waals surface area contributed by atoms with E-state index >= 15 is 0 Å². The van der Waals surface area contributed by atoms with Gasteiger partial charge in [-0.3, -0.25) is 4.79 Å². The van der Waals surface area contributed by atoms with Gasteiger partial charge in [0, 0.05) is 3.92 Å². The van der Waals surface area contributed by atoms with Crippen LogP contribution in [0, 0.1) is 5.92 Å². The lowest BCUT2D eigenvalue weighted by atomic mass is 9.99. The van der Waals surface area contributed by atoms with Crippen molar-refractivity contribution in [3.05, 3.63) is 11.1 Å². The van der Waals surface area contributed by atoms with Gasteiger partial charge in [0.05, 0.1) is 12.5 Å². The molecule has 0 amide bonds. The molecule has 0 aromatic carbocycles. The molecule has 1 unspecified atom stereocenters. The first-order valence-corrected chi connectivity index (χ1v) is 6.29. The number of carbonyl (C=O) groups excluding carboxylic acids is 1. The summed E-state index contributed by atoms with van der Waals surface area (Å²) < 4.78 is 5.51. The van der Waals surface area contributed by atoms with Crippen LogP contribution in [0.5, 0.6) is 0 Å². The number of ether oxygens (including phenoxy) is 1. The van der Waals surface area contributed by atoms with E-state index in [2.05, 4.69) is 36.4 Å². The van der Waals surface area contributed by atoms with Crippen molar-refractivity contribution in [2.45, 2.75) is 37.5 Å². The van der Waals surface area contributed by atoms with Gasteiger partial charge in [-0.1, -0.05) is 33.7 Å². The van der Waals surface area contributed by atoms with Gasteiger partial charge in [-0.05, 0) is 33.6 Å². The molecule has 14 heavy (non-hydrogen) atoms. The second kappa shape index (κ2) is 5.14. The normalized spacial score (nSPS) is 26.4. The Morgan fingerprint density at radius 3 is 2.71 bits per heavy atom. The van der Waals surface area contributed by atoms with Crippen LogP contribution in [0.15, 0.2) is 11.1 Å². The van der Waals surface area contributed by atoms with Crippen LogP contribution in [-0.4, -0.2) is 16.5 Å². The lowest BCUT2D eigenvalue weighted by Gasteiger charge is -2.15. The van der Waals surface area contributed by atoms with Crippen LogP contribution in [0.1, 0.15) is 33.6 Å². The molecule has 0 spiro atoms. The number of halogens is 1. The van der Waals surface area contributed by atoms with Crippen molar-refractivity contribution in [2.75, 3.05) is 6.61 Å². The van der Waals surface area contributed by atoms with Gasteiger partial charge in [0.1, 0.15) is 0 Å². The highest BCUT2D eigenvalue weighted by atomic mass is 127. The summed E-state index contributed by atoms with van der Waals surface area (Å²) in [5, 5.41) is 0. The molecule has 0 aliphatic heterocycles. The zero-order valence-electron chi connectivity index (χ0n) is 8.97. The fourth-order valence-corrected chi connectivity index (χ4v) is 2.96. The van der Waals surface area contributed by atoms with Crippen LogP contribution in [0.3, 0.4) is 0 Å². The zero-order valence-corrected chi connectivity index (χ0v) is 11.1. The van der Waals surface area contributed by atoms with Crippen molar-refractivity contribution in [2.24, 2.45) is 5.92 Å². The molecule has 1 aliphatic carbocycles. The highest BCUT2D eigenvalue weighted by Gasteiger charge is 2.36. The number of alkyl halides is 1. The van der Waals surface area contributed by atoms with Crippen molar-refractivity contribution in [3.63, 3.8) is 0 Å². The van der Waals surface area contributed by atoms with E-state index in [1.807, 2.05) is 6.92 Å². The summed E-state index contributed by atoms with van der Waals surface area (Å²) in [7, 11) is 0. The van der Waals surface area contributed by atoms with Crippen molar-refractivity contribution in [3.8, 4) is 0 Å². The summed E-state index contributed by atoms with van der Waals surface area (Å²) in [5.74, 6) is -0.0267. The number of rotatable bonds is 2. The lowest BCUT2D eigenvalue weighted by molar-refractivity contribution is -0.146. The molecule has 0 heterocycles. The van der Waals surface area contributed by atoms with E-state index in [9.17, 15) is 4.79 Å². The van der Waals surface area contributed by atoms with Crippen LogP contribution >= 0.6 is 22.6 Å². The molecule has 3 heteroatoms. The third-order valence-corrected chi connectivity index (χ3v) is 3.95. The first kappa shape index (κ1) is 12.0. The van der Waals surface area contributed by atoms with E-state index in [4.69, 9.17) is 4.74 Å². The maximum atomic E-state index is 11.7. The fourth-order valence-electron chi connectivity index (χ4n) is 1.92. The molecule has 1 fully saturated rings. The minimum atomic E-state index is -0.0411. The Bertz CT molecular complexity index is 254. The first-order valence-electron chi connectivity index (χ1n) is 5.04. The van der Waals surface area contributed by atoms with Crippen LogP contribution in [0.4, 0.5) is 0 Å². The zero-order chi connectivity index (χ0) is 10.7. The predicted molar refractivity (Wildman–Crippen MR) is 65.5 cm³/mol. The molecular weight excluding hydrogens is 291 g/mol. The molecule has 80 valence electrons. The first-order chi connectivity index (χ1) is 6.57. The van der Waals surface area contributed by atoms with E-state index in [1.54, 1.807) is 0 Å². The van der Waals surface area contributed by atoms with Crippen molar-refractivity contribution in [1.29, 1.82) is 0 Å². The molecule has 2 nitrogen and oxygen atoms in total. The third-order valence-electron chi connectivity index (χ3n) is 2.61.